The van der Waals surface area contributed by atoms with Crippen LogP contribution in [-0.4, -0.2) is 38.7 Å². The van der Waals surface area contributed by atoms with Gasteiger partial charge in [0.05, 0.1) is 29.2 Å². The third-order valence-corrected chi connectivity index (χ3v) is 6.80. The number of rotatable bonds is 6. The quantitative estimate of drug-likeness (QED) is 0.736. The van der Waals surface area contributed by atoms with Crippen molar-refractivity contribution in [1.82, 2.24) is 5.32 Å². The van der Waals surface area contributed by atoms with Gasteiger partial charge in [0.15, 0.2) is 9.84 Å². The number of alkyl carbamates (subject to hydrolysis) is 1. The van der Waals surface area contributed by atoms with Crippen LogP contribution in [0.3, 0.4) is 0 Å². The number of carbonyl (C=O) groups is 3. The SMILES string of the molecule is COC(=O)NC(=O)c1ccsc1NC(=O)Cc1ccc(S(=O)(=O)C(C)C)cc1. The Bertz CT molecular complexity index is 978. The van der Waals surface area contributed by atoms with Crippen molar-refractivity contribution in [1.29, 1.82) is 0 Å². The van der Waals surface area contributed by atoms with Crippen LogP contribution in [0.5, 0.6) is 0 Å². The van der Waals surface area contributed by atoms with Crippen LogP contribution in [0.4, 0.5) is 9.80 Å². The highest BCUT2D eigenvalue weighted by Crippen LogP contribution is 2.23. The van der Waals surface area contributed by atoms with Crippen molar-refractivity contribution in [2.24, 2.45) is 0 Å². The van der Waals surface area contributed by atoms with Gasteiger partial charge in [-0.15, -0.1) is 11.3 Å². The van der Waals surface area contributed by atoms with Gasteiger partial charge in [0.25, 0.3) is 5.91 Å². The third-order valence-electron chi connectivity index (χ3n) is 3.80. The Morgan fingerprint density at radius 3 is 2.32 bits per heavy atom. The van der Waals surface area contributed by atoms with Gasteiger partial charge in [0.2, 0.25) is 5.91 Å². The number of anilines is 1. The fourth-order valence-corrected chi connectivity index (χ4v) is 4.08. The van der Waals surface area contributed by atoms with Gasteiger partial charge in [-0.1, -0.05) is 12.1 Å². The van der Waals surface area contributed by atoms with Crippen LogP contribution in [-0.2, 0) is 25.8 Å². The molecule has 2 rings (SSSR count). The van der Waals surface area contributed by atoms with Gasteiger partial charge in [0, 0.05) is 0 Å². The Morgan fingerprint density at radius 1 is 1.11 bits per heavy atom. The molecule has 1 aromatic heterocycles. The molecule has 0 aliphatic carbocycles. The van der Waals surface area contributed by atoms with E-state index in [1.54, 1.807) is 31.4 Å². The minimum atomic E-state index is -3.37. The van der Waals surface area contributed by atoms with Gasteiger partial charge in [-0.05, 0) is 43.0 Å². The molecule has 150 valence electrons. The van der Waals surface area contributed by atoms with Crippen molar-refractivity contribution in [2.45, 2.75) is 30.4 Å². The number of benzene rings is 1. The summed E-state index contributed by atoms with van der Waals surface area (Å²) >= 11 is 1.14. The Balaban J connectivity index is 2.05. The molecule has 0 spiro atoms. The molecule has 0 aliphatic heterocycles. The third kappa shape index (κ3) is 5.17. The predicted molar refractivity (Wildman–Crippen MR) is 105 cm³/mol. The number of thiophene rings is 1. The molecule has 3 amide bonds. The van der Waals surface area contributed by atoms with E-state index in [2.05, 4.69) is 10.1 Å². The van der Waals surface area contributed by atoms with Crippen molar-refractivity contribution in [3.8, 4) is 0 Å². The topological polar surface area (TPSA) is 119 Å². The van der Waals surface area contributed by atoms with Crippen LogP contribution in [0.15, 0.2) is 40.6 Å². The van der Waals surface area contributed by atoms with Gasteiger partial charge in [0.1, 0.15) is 5.00 Å². The molecule has 10 heteroatoms. The molecule has 1 aromatic carbocycles. The van der Waals surface area contributed by atoms with Crippen LogP contribution in [0.25, 0.3) is 0 Å². The highest BCUT2D eigenvalue weighted by atomic mass is 32.2. The maximum Gasteiger partial charge on any atom is 0.413 e. The number of amides is 3. The molecule has 2 N–H and O–H groups in total. The summed E-state index contributed by atoms with van der Waals surface area (Å²) in [4.78, 5) is 35.6. The molecule has 28 heavy (non-hydrogen) atoms. The minimum Gasteiger partial charge on any atom is -0.453 e. The molecule has 0 aliphatic rings. The highest BCUT2D eigenvalue weighted by molar-refractivity contribution is 7.92. The van der Waals surface area contributed by atoms with Crippen molar-refractivity contribution < 1.29 is 27.5 Å². The second kappa shape index (κ2) is 8.98. The molecule has 0 atom stereocenters. The summed E-state index contributed by atoms with van der Waals surface area (Å²) in [7, 11) is -2.24. The summed E-state index contributed by atoms with van der Waals surface area (Å²) in [5.74, 6) is -1.07. The predicted octanol–water partition coefficient (Wildman–Crippen LogP) is 2.61. The summed E-state index contributed by atoms with van der Waals surface area (Å²) in [6.45, 7) is 3.21. The highest BCUT2D eigenvalue weighted by Gasteiger charge is 2.20. The summed E-state index contributed by atoms with van der Waals surface area (Å²) < 4.78 is 28.6. The van der Waals surface area contributed by atoms with Gasteiger partial charge >= 0.3 is 6.09 Å². The Morgan fingerprint density at radius 2 is 1.75 bits per heavy atom. The lowest BCUT2D eigenvalue weighted by Crippen LogP contribution is -2.30. The van der Waals surface area contributed by atoms with Gasteiger partial charge in [-0.25, -0.2) is 13.2 Å². The molecule has 8 nitrogen and oxygen atoms in total. The van der Waals surface area contributed by atoms with Gasteiger partial charge in [-0.2, -0.15) is 0 Å². The second-order valence-corrected chi connectivity index (χ2v) is 9.49. The first-order valence-electron chi connectivity index (χ1n) is 8.24. The van der Waals surface area contributed by atoms with Crippen molar-refractivity contribution in [2.75, 3.05) is 12.4 Å². The average Bonchev–Trinajstić information content (AvgIpc) is 3.09. The molecule has 2 aromatic rings. The van der Waals surface area contributed by atoms with Gasteiger partial charge in [-0.3, -0.25) is 14.9 Å². The van der Waals surface area contributed by atoms with Crippen LogP contribution >= 0.6 is 11.3 Å². The van der Waals surface area contributed by atoms with Crippen LogP contribution < -0.4 is 10.6 Å². The maximum absolute atomic E-state index is 12.3. The average molecular weight is 425 g/mol. The maximum atomic E-state index is 12.3. The standard InChI is InChI=1S/C18H20N2O6S2/c1-11(2)28(24,25)13-6-4-12(5-7-13)10-15(21)19-17-14(8-9-27-17)16(22)20-18(23)26-3/h4-9,11H,10H2,1-3H3,(H,19,21)(H,20,22,23). The number of imide groups is 1. The van der Waals surface area contributed by atoms with Crippen molar-refractivity contribution >= 4 is 44.1 Å². The summed E-state index contributed by atoms with van der Waals surface area (Å²) in [6.07, 6.45) is -0.900. The number of sulfone groups is 1. The normalized spacial score (nSPS) is 11.1. The number of ether oxygens (including phenoxy) is 1. The van der Waals surface area contributed by atoms with E-state index in [9.17, 15) is 22.8 Å². The number of nitrogens with one attached hydrogen (secondary N) is 2. The summed E-state index contributed by atoms with van der Waals surface area (Å²) in [5.41, 5.74) is 0.763. The van der Waals surface area contributed by atoms with Crippen molar-refractivity contribution in [3.63, 3.8) is 0 Å². The van der Waals surface area contributed by atoms with Crippen LogP contribution in [0, 0.1) is 0 Å². The molecular weight excluding hydrogens is 404 g/mol. The fourth-order valence-electron chi connectivity index (χ4n) is 2.22. The van der Waals surface area contributed by atoms with E-state index in [-0.39, 0.29) is 22.8 Å². The Kier molecular flexibility index (Phi) is 6.92. The van der Waals surface area contributed by atoms with E-state index >= 15 is 0 Å². The largest absolute Gasteiger partial charge is 0.453 e. The number of hydrogen-bond donors (Lipinski definition) is 2. The zero-order chi connectivity index (χ0) is 20.9. The summed E-state index contributed by atoms with van der Waals surface area (Å²) in [5, 5.41) is 6.01. The molecule has 0 saturated heterocycles. The zero-order valence-corrected chi connectivity index (χ0v) is 17.1. The molecule has 0 unspecified atom stereocenters. The number of methoxy groups -OCH3 is 1. The van der Waals surface area contributed by atoms with E-state index in [1.807, 2.05) is 5.32 Å². The van der Waals surface area contributed by atoms with Gasteiger partial charge < -0.3 is 10.1 Å². The van der Waals surface area contributed by atoms with Crippen molar-refractivity contribution in [3.05, 3.63) is 46.8 Å². The van der Waals surface area contributed by atoms with E-state index in [4.69, 9.17) is 0 Å². The first-order chi connectivity index (χ1) is 13.1. The zero-order valence-electron chi connectivity index (χ0n) is 15.5. The monoisotopic (exact) mass is 424 g/mol. The second-order valence-electron chi connectivity index (χ2n) is 6.07. The summed E-state index contributed by atoms with van der Waals surface area (Å²) in [6, 6.07) is 7.57. The Labute approximate surface area is 166 Å². The molecule has 0 radical (unpaired) electrons. The lowest BCUT2D eigenvalue weighted by molar-refractivity contribution is -0.115. The number of carbonyl (C=O) groups excluding carboxylic acids is 3. The molecule has 0 saturated carbocycles. The molecule has 0 bridgehead atoms. The minimum absolute atomic E-state index is 0.00202. The van der Waals surface area contributed by atoms with Crippen LogP contribution in [0.1, 0.15) is 29.8 Å². The lowest BCUT2D eigenvalue weighted by Gasteiger charge is -2.09. The van der Waals surface area contributed by atoms with Crippen LogP contribution in [0.2, 0.25) is 0 Å². The smallest absolute Gasteiger partial charge is 0.413 e. The van der Waals surface area contributed by atoms with E-state index in [0.717, 1.165) is 18.4 Å². The first-order valence-corrected chi connectivity index (χ1v) is 10.7. The van der Waals surface area contributed by atoms with E-state index in [0.29, 0.717) is 10.6 Å². The van der Waals surface area contributed by atoms with E-state index in [1.165, 1.54) is 18.2 Å². The molecule has 1 heterocycles. The molecule has 0 fully saturated rings. The first kappa shape index (κ1) is 21.6. The Hall–Kier alpha value is -2.72. The molecular formula is C18H20N2O6S2. The fraction of sp³-hybridized carbons (Fsp3) is 0.278. The lowest BCUT2D eigenvalue weighted by atomic mass is 10.1. The van der Waals surface area contributed by atoms with E-state index < -0.39 is 27.1 Å². The number of hydrogen-bond acceptors (Lipinski definition) is 7.